The van der Waals surface area contributed by atoms with Crippen LogP contribution in [0.4, 0.5) is 0 Å². The first-order valence-corrected chi connectivity index (χ1v) is 10.2. The Balaban J connectivity index is 1.37. The van der Waals surface area contributed by atoms with E-state index in [1.54, 1.807) is 0 Å². The molecular formula is C21H31N3O4. The summed E-state index contributed by atoms with van der Waals surface area (Å²) >= 11 is 0. The van der Waals surface area contributed by atoms with E-state index in [1.807, 2.05) is 38.1 Å². The Morgan fingerprint density at radius 1 is 1.18 bits per heavy atom. The third kappa shape index (κ3) is 5.86. The Kier molecular flexibility index (Phi) is 7.14. The number of hydrogen-bond acceptors (Lipinski definition) is 5. The van der Waals surface area contributed by atoms with Crippen LogP contribution in [0.3, 0.4) is 0 Å². The number of nitrogens with zero attached hydrogens (tertiary/aromatic N) is 1. The minimum Gasteiger partial charge on any atom is -0.486 e. The highest BCUT2D eigenvalue weighted by molar-refractivity contribution is 5.78. The van der Waals surface area contributed by atoms with E-state index in [0.29, 0.717) is 32.2 Å². The number of fused-ring (bicyclic) bond motifs is 1. The molecule has 0 aromatic heterocycles. The number of likely N-dealkylation sites (tertiary alicyclic amines) is 1. The molecule has 2 amide bonds. The summed E-state index contributed by atoms with van der Waals surface area (Å²) in [5.74, 6) is 1.95. The van der Waals surface area contributed by atoms with Gasteiger partial charge in [-0.15, -0.1) is 0 Å². The van der Waals surface area contributed by atoms with E-state index in [0.717, 1.165) is 37.4 Å². The molecule has 2 aliphatic rings. The molecule has 2 unspecified atom stereocenters. The first-order chi connectivity index (χ1) is 13.5. The van der Waals surface area contributed by atoms with Crippen molar-refractivity contribution < 1.29 is 19.1 Å². The Morgan fingerprint density at radius 2 is 1.96 bits per heavy atom. The van der Waals surface area contributed by atoms with Crippen LogP contribution in [-0.2, 0) is 9.59 Å². The van der Waals surface area contributed by atoms with Crippen LogP contribution >= 0.6 is 0 Å². The van der Waals surface area contributed by atoms with Gasteiger partial charge in [-0.05, 0) is 37.4 Å². The van der Waals surface area contributed by atoms with Crippen LogP contribution in [-0.4, -0.2) is 62.1 Å². The molecule has 0 radical (unpaired) electrons. The van der Waals surface area contributed by atoms with Gasteiger partial charge in [0.05, 0.1) is 13.1 Å². The van der Waals surface area contributed by atoms with E-state index in [-0.39, 0.29) is 23.8 Å². The van der Waals surface area contributed by atoms with Crippen LogP contribution in [0.1, 0.15) is 26.7 Å². The normalized spacial score (nSPS) is 22.0. The van der Waals surface area contributed by atoms with Gasteiger partial charge >= 0.3 is 0 Å². The van der Waals surface area contributed by atoms with Crippen molar-refractivity contribution >= 4 is 11.8 Å². The second-order valence-electron chi connectivity index (χ2n) is 7.94. The van der Waals surface area contributed by atoms with Gasteiger partial charge in [0, 0.05) is 19.0 Å². The van der Waals surface area contributed by atoms with Crippen molar-refractivity contribution in [3.05, 3.63) is 24.3 Å². The summed E-state index contributed by atoms with van der Waals surface area (Å²) in [6, 6.07) is 7.56. The molecule has 7 heteroatoms. The Labute approximate surface area is 166 Å². The number of carbonyl (C=O) groups excluding carboxylic acids is 2. The average molecular weight is 389 g/mol. The number of rotatable bonds is 7. The Morgan fingerprint density at radius 3 is 2.75 bits per heavy atom. The molecule has 3 rings (SSSR count). The molecule has 2 heterocycles. The summed E-state index contributed by atoms with van der Waals surface area (Å²) in [6.07, 6.45) is 1.95. The summed E-state index contributed by atoms with van der Waals surface area (Å²) in [7, 11) is 0. The Hall–Kier alpha value is -2.28. The zero-order chi connectivity index (χ0) is 19.9. The van der Waals surface area contributed by atoms with Gasteiger partial charge < -0.3 is 20.1 Å². The predicted octanol–water partition coefficient (Wildman–Crippen LogP) is 1.43. The molecule has 7 nitrogen and oxygen atoms in total. The largest absolute Gasteiger partial charge is 0.486 e. The number of hydrogen-bond donors (Lipinski definition) is 2. The lowest BCUT2D eigenvalue weighted by atomic mass is 9.97. The van der Waals surface area contributed by atoms with Gasteiger partial charge in [-0.1, -0.05) is 26.0 Å². The summed E-state index contributed by atoms with van der Waals surface area (Å²) < 4.78 is 11.5. The van der Waals surface area contributed by atoms with Gasteiger partial charge in [0.15, 0.2) is 11.5 Å². The average Bonchev–Trinajstić information content (AvgIpc) is 2.70. The van der Waals surface area contributed by atoms with Gasteiger partial charge in [0.1, 0.15) is 12.7 Å². The van der Waals surface area contributed by atoms with Crippen molar-refractivity contribution in [2.45, 2.75) is 32.8 Å². The van der Waals surface area contributed by atoms with E-state index < -0.39 is 0 Å². The lowest BCUT2D eigenvalue weighted by Gasteiger charge is -2.32. The van der Waals surface area contributed by atoms with E-state index >= 15 is 0 Å². The fourth-order valence-electron chi connectivity index (χ4n) is 3.56. The molecule has 154 valence electrons. The standard InChI is InChI=1S/C21H31N3O4/c1-15(2)21(26)23-10-16-6-5-9-24(12-16)13-20(25)22-11-17-14-27-18-7-3-4-8-19(18)28-17/h3-4,7-8,15-17H,5-6,9-14H2,1-2H3,(H,22,25)(H,23,26). The van der Waals surface area contributed by atoms with Gasteiger partial charge in [0.2, 0.25) is 11.8 Å². The maximum atomic E-state index is 12.3. The van der Waals surface area contributed by atoms with E-state index in [9.17, 15) is 9.59 Å². The van der Waals surface area contributed by atoms with Crippen LogP contribution in [0.5, 0.6) is 11.5 Å². The number of para-hydroxylation sites is 2. The molecule has 0 spiro atoms. The lowest BCUT2D eigenvalue weighted by molar-refractivity contribution is -0.125. The number of benzene rings is 1. The molecule has 0 bridgehead atoms. The van der Waals surface area contributed by atoms with Gasteiger partial charge in [0.25, 0.3) is 0 Å². The molecule has 28 heavy (non-hydrogen) atoms. The second-order valence-corrected chi connectivity index (χ2v) is 7.94. The monoisotopic (exact) mass is 389 g/mol. The SMILES string of the molecule is CC(C)C(=O)NCC1CCCN(CC(=O)NCC2COc3ccccc3O2)C1. The van der Waals surface area contributed by atoms with Crippen molar-refractivity contribution in [1.29, 1.82) is 0 Å². The highest BCUT2D eigenvalue weighted by atomic mass is 16.6. The lowest BCUT2D eigenvalue weighted by Crippen LogP contribution is -2.47. The van der Waals surface area contributed by atoms with Crippen LogP contribution < -0.4 is 20.1 Å². The third-order valence-electron chi connectivity index (χ3n) is 5.15. The first-order valence-electron chi connectivity index (χ1n) is 10.2. The predicted molar refractivity (Wildman–Crippen MR) is 106 cm³/mol. The fraction of sp³-hybridized carbons (Fsp3) is 0.619. The van der Waals surface area contributed by atoms with Gasteiger partial charge in [-0.2, -0.15) is 0 Å². The quantitative estimate of drug-likeness (QED) is 0.737. The van der Waals surface area contributed by atoms with E-state index in [4.69, 9.17) is 9.47 Å². The Bertz CT molecular complexity index is 679. The minimum atomic E-state index is -0.181. The van der Waals surface area contributed by atoms with Crippen LogP contribution in [0.25, 0.3) is 0 Å². The highest BCUT2D eigenvalue weighted by Gasteiger charge is 2.24. The van der Waals surface area contributed by atoms with Crippen molar-refractivity contribution in [1.82, 2.24) is 15.5 Å². The summed E-state index contributed by atoms with van der Waals surface area (Å²) in [5.41, 5.74) is 0. The molecule has 1 fully saturated rings. The molecule has 2 N–H and O–H groups in total. The molecule has 0 aliphatic carbocycles. The zero-order valence-electron chi connectivity index (χ0n) is 16.8. The molecule has 1 aromatic rings. The summed E-state index contributed by atoms with van der Waals surface area (Å²) in [4.78, 5) is 26.3. The summed E-state index contributed by atoms with van der Waals surface area (Å²) in [5, 5.41) is 5.96. The number of carbonyl (C=O) groups is 2. The molecule has 2 aliphatic heterocycles. The molecule has 0 saturated carbocycles. The molecular weight excluding hydrogens is 358 g/mol. The second kappa shape index (κ2) is 9.78. The van der Waals surface area contributed by atoms with Crippen LogP contribution in [0, 0.1) is 11.8 Å². The topological polar surface area (TPSA) is 79.9 Å². The zero-order valence-corrected chi connectivity index (χ0v) is 16.8. The van der Waals surface area contributed by atoms with Crippen LogP contribution in [0.15, 0.2) is 24.3 Å². The maximum absolute atomic E-state index is 12.3. The van der Waals surface area contributed by atoms with Crippen LogP contribution in [0.2, 0.25) is 0 Å². The highest BCUT2D eigenvalue weighted by Crippen LogP contribution is 2.30. The molecule has 1 aromatic carbocycles. The summed E-state index contributed by atoms with van der Waals surface area (Å²) in [6.45, 7) is 7.45. The van der Waals surface area contributed by atoms with Gasteiger partial charge in [-0.25, -0.2) is 0 Å². The van der Waals surface area contributed by atoms with E-state index in [1.165, 1.54) is 0 Å². The number of nitrogens with one attached hydrogen (secondary N) is 2. The number of piperidine rings is 1. The number of ether oxygens (including phenoxy) is 2. The third-order valence-corrected chi connectivity index (χ3v) is 5.15. The van der Waals surface area contributed by atoms with Crippen molar-refractivity contribution in [3.63, 3.8) is 0 Å². The fourth-order valence-corrected chi connectivity index (χ4v) is 3.56. The van der Waals surface area contributed by atoms with Crippen molar-refractivity contribution in [2.75, 3.05) is 39.3 Å². The molecule has 1 saturated heterocycles. The van der Waals surface area contributed by atoms with Crippen molar-refractivity contribution in [2.24, 2.45) is 11.8 Å². The first kappa shape index (κ1) is 20.5. The van der Waals surface area contributed by atoms with E-state index in [2.05, 4.69) is 15.5 Å². The van der Waals surface area contributed by atoms with Gasteiger partial charge in [-0.3, -0.25) is 14.5 Å². The molecule has 2 atom stereocenters. The minimum absolute atomic E-state index is 0.00317. The maximum Gasteiger partial charge on any atom is 0.234 e. The smallest absolute Gasteiger partial charge is 0.234 e. The van der Waals surface area contributed by atoms with Crippen molar-refractivity contribution in [3.8, 4) is 11.5 Å². The number of amides is 2.